The number of ether oxygens (including phenoxy) is 2. The molecule has 2 aromatic carbocycles. The number of hydrogen-bond acceptors (Lipinski definition) is 13. The summed E-state index contributed by atoms with van der Waals surface area (Å²) >= 11 is 7.83. The summed E-state index contributed by atoms with van der Waals surface area (Å²) in [6, 6.07) is 16.6. The second kappa shape index (κ2) is 21.4. The van der Waals surface area contributed by atoms with Crippen LogP contribution in [0.3, 0.4) is 0 Å². The Bertz CT molecular complexity index is 2640. The van der Waals surface area contributed by atoms with Gasteiger partial charge in [0.2, 0.25) is 17.7 Å². The fraction of sp³-hybridized carbons (Fsp3) is 0.537. The van der Waals surface area contributed by atoms with Gasteiger partial charge in [-0.3, -0.25) is 24.1 Å². The Morgan fingerprint density at radius 1 is 0.972 bits per heavy atom. The van der Waals surface area contributed by atoms with Crippen LogP contribution in [-0.2, 0) is 19.1 Å². The molecular formula is C54H68ClN9O7S. The zero-order chi connectivity index (χ0) is 51.7. The molecule has 3 saturated heterocycles. The van der Waals surface area contributed by atoms with E-state index in [1.54, 1.807) is 46.1 Å². The van der Waals surface area contributed by atoms with Gasteiger partial charge < -0.3 is 40.3 Å². The third kappa shape index (κ3) is 11.0. The number of benzene rings is 2. The first-order valence-electron chi connectivity index (χ1n) is 24.9. The van der Waals surface area contributed by atoms with Crippen LogP contribution in [0, 0.1) is 34.5 Å². The third-order valence-electron chi connectivity index (χ3n) is 15.2. The zero-order valence-electron chi connectivity index (χ0n) is 42.5. The fourth-order valence-electron chi connectivity index (χ4n) is 11.7. The molecule has 4 aromatic rings. The number of aromatic nitrogens is 2. The number of aryl methyl sites for hydroxylation is 1. The van der Waals surface area contributed by atoms with Crippen LogP contribution in [0.25, 0.3) is 10.4 Å². The van der Waals surface area contributed by atoms with Crippen LogP contribution in [0.15, 0.2) is 66.3 Å². The number of nitrogens with one attached hydrogen (secondary N) is 3. The molecule has 16 nitrogen and oxygen atoms in total. The molecule has 2 bridgehead atoms. The van der Waals surface area contributed by atoms with Crippen molar-refractivity contribution in [3.05, 3.63) is 93.7 Å². The van der Waals surface area contributed by atoms with Crippen LogP contribution >= 0.6 is 22.9 Å². The Morgan fingerprint density at radius 3 is 2.28 bits per heavy atom. The summed E-state index contributed by atoms with van der Waals surface area (Å²) in [5, 5.41) is 29.0. The lowest BCUT2D eigenvalue weighted by Gasteiger charge is -2.63. The van der Waals surface area contributed by atoms with Crippen molar-refractivity contribution in [3.8, 4) is 22.3 Å². The largest absolute Gasteiger partial charge is 0.489 e. The quantitative estimate of drug-likeness (QED) is 0.0818. The minimum Gasteiger partial charge on any atom is -0.489 e. The summed E-state index contributed by atoms with van der Waals surface area (Å²) in [5.41, 5.74) is 3.92. The molecule has 4 aliphatic rings. The first-order valence-corrected chi connectivity index (χ1v) is 26.2. The van der Waals surface area contributed by atoms with Crippen molar-refractivity contribution in [2.45, 2.75) is 123 Å². The lowest BCUT2D eigenvalue weighted by molar-refractivity contribution is -0.164. The first-order chi connectivity index (χ1) is 34.2. The number of halogens is 1. The number of fused-ring (bicyclic) bond motifs is 2. The third-order valence-corrected chi connectivity index (χ3v) is 16.5. The van der Waals surface area contributed by atoms with Crippen molar-refractivity contribution in [1.29, 1.82) is 5.26 Å². The Balaban J connectivity index is 0.783. The molecule has 2 aromatic heterocycles. The van der Waals surface area contributed by atoms with Crippen molar-refractivity contribution in [2.24, 2.45) is 16.2 Å². The predicted molar refractivity (Wildman–Crippen MR) is 277 cm³/mol. The second-order valence-corrected chi connectivity index (χ2v) is 23.2. The standard InChI is InChI=1S/C54H68ClN9O7S/c1-32-45(72-31-58-32)34-13-11-33(12-14-34)41(29-65)59-48(68)42-10-9-21-64(42)49(69)46(52(2,3)4)60-44(66)30-70-23-22-63-37-17-18-38(63)28-62(27-37)43-20-16-36(26-57-43)47(67)61-50-53(5,6)51(54(50,7)8)71-39-19-15-35(25-56)40(55)24-39/h11-16,19-20,24,26,31,37-38,41-42,46,50-51,65H,9-10,17-18,21-23,27-30H2,1-8H3,(H,59,68)(H,60,66)(H,61,67)/t37?,38?,41-,42-,46?,50-,51-/m0/s1. The number of likely N-dealkylation sites (tertiary alicyclic amines) is 1. The highest BCUT2D eigenvalue weighted by atomic mass is 35.5. The molecule has 8 rings (SSSR count). The summed E-state index contributed by atoms with van der Waals surface area (Å²) in [4.78, 5) is 71.4. The Hall–Kier alpha value is -5.64. The van der Waals surface area contributed by atoms with Gasteiger partial charge in [-0.25, -0.2) is 9.97 Å². The number of pyridine rings is 1. The average Bonchev–Trinajstić information content (AvgIpc) is 4.08. The second-order valence-electron chi connectivity index (χ2n) is 22.0. The highest BCUT2D eigenvalue weighted by molar-refractivity contribution is 7.13. The van der Waals surface area contributed by atoms with Gasteiger partial charge in [0.15, 0.2) is 0 Å². The molecule has 5 atom stereocenters. The number of carbonyl (C=O) groups is 4. The number of aliphatic hydroxyl groups is 1. The van der Waals surface area contributed by atoms with Crippen molar-refractivity contribution in [3.63, 3.8) is 0 Å². The number of carbonyl (C=O) groups excluding carboxylic acids is 4. The molecule has 72 heavy (non-hydrogen) atoms. The average molecular weight is 1020 g/mol. The maximum atomic E-state index is 14.2. The minimum absolute atomic E-state index is 0.180. The molecule has 384 valence electrons. The van der Waals surface area contributed by atoms with Crippen molar-refractivity contribution in [2.75, 3.05) is 50.9 Å². The van der Waals surface area contributed by atoms with Gasteiger partial charge in [0.1, 0.15) is 42.4 Å². The molecular weight excluding hydrogens is 954 g/mol. The van der Waals surface area contributed by atoms with E-state index in [-0.39, 0.29) is 55.2 Å². The molecule has 1 aliphatic carbocycles. The van der Waals surface area contributed by atoms with Crippen molar-refractivity contribution < 1.29 is 33.8 Å². The molecule has 3 aliphatic heterocycles. The molecule has 1 saturated carbocycles. The van der Waals surface area contributed by atoms with E-state index in [1.165, 1.54) is 0 Å². The molecule has 3 unspecified atom stereocenters. The monoisotopic (exact) mass is 1020 g/mol. The summed E-state index contributed by atoms with van der Waals surface area (Å²) in [7, 11) is 0. The van der Waals surface area contributed by atoms with E-state index in [1.807, 2.05) is 64.1 Å². The number of aliphatic hydroxyl groups excluding tert-OH is 1. The van der Waals surface area contributed by atoms with Crippen molar-refractivity contribution >= 4 is 52.4 Å². The highest BCUT2D eigenvalue weighted by Crippen LogP contribution is 2.55. The van der Waals surface area contributed by atoms with Gasteiger partial charge in [-0.1, -0.05) is 84.3 Å². The number of nitriles is 1. The lowest BCUT2D eigenvalue weighted by Crippen LogP contribution is -2.74. The molecule has 18 heteroatoms. The normalized spacial score (nSPS) is 23.1. The van der Waals surface area contributed by atoms with Crippen molar-refractivity contribution in [1.82, 2.24) is 35.7 Å². The number of nitrogens with zero attached hydrogens (tertiary/aromatic N) is 6. The van der Waals surface area contributed by atoms with Gasteiger partial charge in [-0.15, -0.1) is 11.3 Å². The predicted octanol–water partition coefficient (Wildman–Crippen LogP) is 6.69. The summed E-state index contributed by atoms with van der Waals surface area (Å²) in [5.74, 6) is 0.122. The van der Waals surface area contributed by atoms with E-state index < -0.39 is 40.3 Å². The Kier molecular flexibility index (Phi) is 15.7. The summed E-state index contributed by atoms with van der Waals surface area (Å²) in [6.07, 6.45) is 4.60. The number of anilines is 1. The number of hydrogen-bond donors (Lipinski definition) is 4. The zero-order valence-corrected chi connectivity index (χ0v) is 44.1. The molecule has 5 heterocycles. The van der Waals surface area contributed by atoms with Gasteiger partial charge in [-0.2, -0.15) is 5.26 Å². The van der Waals surface area contributed by atoms with E-state index in [0.29, 0.717) is 54.4 Å². The Morgan fingerprint density at radius 2 is 1.68 bits per heavy atom. The molecule has 0 spiro atoms. The molecule has 0 radical (unpaired) electrons. The lowest BCUT2D eigenvalue weighted by atomic mass is 9.49. The number of amides is 4. The van der Waals surface area contributed by atoms with Crippen LogP contribution < -0.4 is 25.6 Å². The van der Waals surface area contributed by atoms with Gasteiger partial charge in [0.25, 0.3) is 5.91 Å². The smallest absolute Gasteiger partial charge is 0.253 e. The fourth-order valence-corrected chi connectivity index (χ4v) is 12.7. The topological polar surface area (TPSA) is 202 Å². The maximum absolute atomic E-state index is 14.2. The number of rotatable bonds is 17. The SMILES string of the molecule is Cc1ncsc1-c1ccc([C@H](CO)NC(=O)[C@@H]2CCCN2C(=O)C(NC(=O)COCCN2C3CCC2CN(c2ccc(C(=O)N[C@H]4C(C)(C)[C@H](Oc5ccc(C#N)c(Cl)c5)C4(C)C)cn2)C3)C(C)(C)C)cc1. The van der Waals surface area contributed by atoms with Gasteiger partial charge in [-0.05, 0) is 73.4 Å². The van der Waals surface area contributed by atoms with Crippen LogP contribution in [0.4, 0.5) is 5.82 Å². The van der Waals surface area contributed by atoms with Gasteiger partial charge >= 0.3 is 0 Å². The highest BCUT2D eigenvalue weighted by Gasteiger charge is 2.64. The summed E-state index contributed by atoms with van der Waals surface area (Å²) < 4.78 is 12.3. The van der Waals surface area contributed by atoms with E-state index in [4.69, 9.17) is 26.1 Å². The van der Waals surface area contributed by atoms with Crippen LogP contribution in [0.5, 0.6) is 5.75 Å². The molecule has 4 fully saturated rings. The number of thiazole rings is 1. The van der Waals surface area contributed by atoms with E-state index in [0.717, 1.165) is 53.4 Å². The van der Waals surface area contributed by atoms with E-state index >= 15 is 0 Å². The molecule has 4 N–H and O–H groups in total. The van der Waals surface area contributed by atoms with Crippen LogP contribution in [0.2, 0.25) is 5.02 Å². The van der Waals surface area contributed by atoms with E-state index in [2.05, 4.69) is 64.5 Å². The van der Waals surface area contributed by atoms with Crippen LogP contribution in [0.1, 0.15) is 107 Å². The van der Waals surface area contributed by atoms with Gasteiger partial charge in [0.05, 0.1) is 51.5 Å². The minimum atomic E-state index is -0.892. The maximum Gasteiger partial charge on any atom is 0.253 e. The first kappa shape index (κ1) is 52.7. The molecule has 4 amide bonds. The van der Waals surface area contributed by atoms with E-state index in [9.17, 15) is 29.5 Å². The summed E-state index contributed by atoms with van der Waals surface area (Å²) in [6.45, 7) is 18.3. The number of piperazine rings is 1. The Labute approximate surface area is 431 Å². The van der Waals surface area contributed by atoms with Gasteiger partial charge in [0, 0.05) is 67.4 Å². The van der Waals surface area contributed by atoms with Crippen LogP contribution in [-0.4, -0.2) is 131 Å².